The largest absolute Gasteiger partial charge is 0.371 e. The molecule has 0 N–H and O–H groups in total. The highest BCUT2D eigenvalue weighted by atomic mass is 15.2. The molecule has 0 radical (unpaired) electrons. The van der Waals surface area contributed by atoms with E-state index in [0.717, 1.165) is 18.8 Å². The molecule has 1 aromatic heterocycles. The lowest BCUT2D eigenvalue weighted by Crippen LogP contribution is -2.17. The number of aryl methyl sites for hydroxylation is 2. The van der Waals surface area contributed by atoms with Crippen molar-refractivity contribution in [2.45, 2.75) is 33.6 Å². The molecule has 0 atom stereocenters. The van der Waals surface area contributed by atoms with Crippen molar-refractivity contribution < 1.29 is 0 Å². The molecule has 2 aromatic carbocycles. The lowest BCUT2D eigenvalue weighted by molar-refractivity contribution is 0.494. The summed E-state index contributed by atoms with van der Waals surface area (Å²) in [5.74, 6) is 0. The summed E-state index contributed by atoms with van der Waals surface area (Å²) < 4.78 is 2.39. The first kappa shape index (κ1) is 17.7. The van der Waals surface area contributed by atoms with E-state index in [1.54, 1.807) is 0 Å². The van der Waals surface area contributed by atoms with Gasteiger partial charge in [0, 0.05) is 35.7 Å². The molecule has 0 unspecified atom stereocenters. The lowest BCUT2D eigenvalue weighted by atomic mass is 10.1. The van der Waals surface area contributed by atoms with Gasteiger partial charge in [0.1, 0.15) is 0 Å². The predicted octanol–water partition coefficient (Wildman–Crippen LogP) is 6.14. The summed E-state index contributed by atoms with van der Waals surface area (Å²) in [6, 6.07) is 19.7. The smallest absolute Gasteiger partial charge is 0.0538 e. The fraction of sp³-hybridized carbons (Fsp3) is 0.280. The quantitative estimate of drug-likeness (QED) is 0.545. The van der Waals surface area contributed by atoms with E-state index >= 15 is 0 Å². The second-order valence-electron chi connectivity index (χ2n) is 7.64. The molecule has 1 fully saturated rings. The third kappa shape index (κ3) is 3.21. The van der Waals surface area contributed by atoms with E-state index in [9.17, 15) is 0 Å². The summed E-state index contributed by atoms with van der Waals surface area (Å²) in [5.41, 5.74) is 10.00. The van der Waals surface area contributed by atoms with Crippen LogP contribution in [0, 0.1) is 20.8 Å². The molecule has 1 aliphatic rings. The van der Waals surface area contributed by atoms with E-state index in [1.807, 2.05) is 0 Å². The maximum absolute atomic E-state index is 4.45. The molecule has 3 aromatic rings. The van der Waals surface area contributed by atoms with Crippen LogP contribution in [-0.4, -0.2) is 22.6 Å². The Bertz CT molecular complexity index is 973. The van der Waals surface area contributed by atoms with Gasteiger partial charge in [-0.3, -0.25) is 0 Å². The summed E-state index contributed by atoms with van der Waals surface area (Å²) in [4.78, 5) is 2.43. The number of nitrogens with zero attached hydrogens (tertiary/aromatic N) is 2. The van der Waals surface area contributed by atoms with Gasteiger partial charge in [0.25, 0.3) is 0 Å². The van der Waals surface area contributed by atoms with Crippen molar-refractivity contribution in [2.75, 3.05) is 13.1 Å². The van der Waals surface area contributed by atoms with Crippen LogP contribution in [0.2, 0.25) is 0 Å². The van der Waals surface area contributed by atoms with Crippen LogP contribution in [0.3, 0.4) is 0 Å². The highest BCUT2D eigenvalue weighted by Gasteiger charge is 2.21. The van der Waals surface area contributed by atoms with E-state index in [4.69, 9.17) is 0 Å². The van der Waals surface area contributed by atoms with Gasteiger partial charge in [-0.25, -0.2) is 0 Å². The maximum atomic E-state index is 4.45. The molecule has 0 bridgehead atoms. The standard InChI is InChI=1S/C25H28N2/c1-18-12-13-23(16-19(18)2)27-21(4)24(20(3)26-14-8-9-15-26)17-25(27)22-10-6-5-7-11-22/h5-7,10-13,16-17H,3,8-9,14-15H2,1-2,4H3. The Kier molecular flexibility index (Phi) is 4.65. The summed E-state index contributed by atoms with van der Waals surface area (Å²) in [5, 5.41) is 0. The highest BCUT2D eigenvalue weighted by molar-refractivity contribution is 5.74. The molecule has 27 heavy (non-hydrogen) atoms. The van der Waals surface area contributed by atoms with Gasteiger partial charge in [-0.1, -0.05) is 43.0 Å². The van der Waals surface area contributed by atoms with Crippen LogP contribution in [0.1, 0.15) is 35.2 Å². The SMILES string of the molecule is C=C(c1cc(-c2ccccc2)n(-c2ccc(C)c(C)c2)c1C)N1CCCC1. The summed E-state index contributed by atoms with van der Waals surface area (Å²) in [6.45, 7) is 13.3. The van der Waals surface area contributed by atoms with Crippen LogP contribution < -0.4 is 0 Å². The fourth-order valence-corrected chi connectivity index (χ4v) is 4.08. The molecule has 138 valence electrons. The molecule has 1 saturated heterocycles. The van der Waals surface area contributed by atoms with Gasteiger partial charge < -0.3 is 9.47 Å². The average molecular weight is 357 g/mol. The summed E-state index contributed by atoms with van der Waals surface area (Å²) in [6.07, 6.45) is 2.53. The van der Waals surface area contributed by atoms with Crippen LogP contribution in [0.25, 0.3) is 22.6 Å². The third-order valence-corrected chi connectivity index (χ3v) is 5.86. The molecule has 0 amide bonds. The van der Waals surface area contributed by atoms with Gasteiger partial charge in [-0.2, -0.15) is 0 Å². The van der Waals surface area contributed by atoms with Crippen molar-refractivity contribution in [3.63, 3.8) is 0 Å². The number of hydrogen-bond donors (Lipinski definition) is 0. The first-order valence-corrected chi connectivity index (χ1v) is 9.86. The number of aromatic nitrogens is 1. The Morgan fingerprint density at radius 3 is 2.22 bits per heavy atom. The zero-order valence-corrected chi connectivity index (χ0v) is 16.6. The topological polar surface area (TPSA) is 8.17 Å². The van der Waals surface area contributed by atoms with Crippen molar-refractivity contribution in [3.8, 4) is 16.9 Å². The van der Waals surface area contributed by atoms with Crippen molar-refractivity contribution >= 4 is 5.70 Å². The van der Waals surface area contributed by atoms with Gasteiger partial charge in [0.05, 0.1) is 5.69 Å². The number of rotatable bonds is 4. The number of benzene rings is 2. The summed E-state index contributed by atoms with van der Waals surface area (Å²) in [7, 11) is 0. The van der Waals surface area contributed by atoms with Crippen LogP contribution in [0.15, 0.2) is 61.2 Å². The van der Waals surface area contributed by atoms with Gasteiger partial charge in [0.15, 0.2) is 0 Å². The van der Waals surface area contributed by atoms with Crippen LogP contribution in [0.5, 0.6) is 0 Å². The first-order chi connectivity index (χ1) is 13.1. The molecular weight excluding hydrogens is 328 g/mol. The van der Waals surface area contributed by atoms with Crippen molar-refractivity contribution in [3.05, 3.63) is 83.6 Å². The Labute approximate surface area is 162 Å². The zero-order chi connectivity index (χ0) is 19.0. The Morgan fingerprint density at radius 1 is 0.852 bits per heavy atom. The molecule has 1 aliphatic heterocycles. The van der Waals surface area contributed by atoms with Crippen LogP contribution >= 0.6 is 0 Å². The molecule has 0 spiro atoms. The van der Waals surface area contributed by atoms with E-state index in [0.29, 0.717) is 0 Å². The normalized spacial score (nSPS) is 14.0. The average Bonchev–Trinajstić information content (AvgIpc) is 3.33. The van der Waals surface area contributed by atoms with Crippen molar-refractivity contribution in [1.29, 1.82) is 0 Å². The van der Waals surface area contributed by atoms with Crippen LogP contribution in [-0.2, 0) is 0 Å². The van der Waals surface area contributed by atoms with Gasteiger partial charge >= 0.3 is 0 Å². The minimum atomic E-state index is 1.12. The van der Waals surface area contributed by atoms with Gasteiger partial charge in [-0.15, -0.1) is 0 Å². The second-order valence-corrected chi connectivity index (χ2v) is 7.64. The molecule has 2 nitrogen and oxygen atoms in total. The number of likely N-dealkylation sites (tertiary alicyclic amines) is 1. The Balaban J connectivity index is 1.89. The molecule has 4 rings (SSSR count). The molecule has 2 heteroatoms. The molecule has 2 heterocycles. The second kappa shape index (κ2) is 7.11. The minimum absolute atomic E-state index is 1.12. The van der Waals surface area contributed by atoms with Gasteiger partial charge in [-0.05, 0) is 68.5 Å². The number of hydrogen-bond acceptors (Lipinski definition) is 1. The Hall–Kier alpha value is -2.74. The highest BCUT2D eigenvalue weighted by Crippen LogP contribution is 2.34. The van der Waals surface area contributed by atoms with Crippen LogP contribution in [0.4, 0.5) is 0 Å². The summed E-state index contributed by atoms with van der Waals surface area (Å²) >= 11 is 0. The minimum Gasteiger partial charge on any atom is -0.371 e. The van der Waals surface area contributed by atoms with Crippen molar-refractivity contribution in [2.24, 2.45) is 0 Å². The van der Waals surface area contributed by atoms with Crippen molar-refractivity contribution in [1.82, 2.24) is 9.47 Å². The van der Waals surface area contributed by atoms with E-state index < -0.39 is 0 Å². The molecule has 0 saturated carbocycles. The molecular formula is C25H28N2. The molecule has 0 aliphatic carbocycles. The van der Waals surface area contributed by atoms with E-state index in [2.05, 4.69) is 91.4 Å². The van der Waals surface area contributed by atoms with Gasteiger partial charge in [0.2, 0.25) is 0 Å². The van der Waals surface area contributed by atoms with E-state index in [1.165, 1.54) is 52.2 Å². The fourth-order valence-electron chi connectivity index (χ4n) is 4.08. The third-order valence-electron chi connectivity index (χ3n) is 5.86. The maximum Gasteiger partial charge on any atom is 0.0538 e. The van der Waals surface area contributed by atoms with E-state index in [-0.39, 0.29) is 0 Å². The lowest BCUT2D eigenvalue weighted by Gasteiger charge is -2.20. The zero-order valence-electron chi connectivity index (χ0n) is 16.6. The predicted molar refractivity (Wildman–Crippen MR) is 115 cm³/mol. The first-order valence-electron chi connectivity index (χ1n) is 9.86. The Morgan fingerprint density at radius 2 is 1.56 bits per heavy atom. The monoisotopic (exact) mass is 356 g/mol.